The molecule has 2 saturated heterocycles. The number of hydrogen-bond donors (Lipinski definition) is 2. The Balaban J connectivity index is 1.34. The highest BCUT2D eigenvalue weighted by Gasteiger charge is 2.70. The molecule has 2 aliphatic heterocycles. The Bertz CT molecular complexity index is 2070. The van der Waals surface area contributed by atoms with Gasteiger partial charge in [0.05, 0.1) is 34.5 Å². The number of rotatable bonds is 5. The van der Waals surface area contributed by atoms with Crippen molar-refractivity contribution < 1.29 is 28.7 Å². The van der Waals surface area contributed by atoms with E-state index in [0.717, 1.165) is 10.6 Å². The molecule has 2 heterocycles. The van der Waals surface area contributed by atoms with Crippen molar-refractivity contribution in [1.29, 1.82) is 0 Å². The summed E-state index contributed by atoms with van der Waals surface area (Å²) < 4.78 is 13.8. The molecule has 0 bridgehead atoms. The third-order valence-corrected chi connectivity index (χ3v) is 11.1. The monoisotopic (exact) mass is 695 g/mol. The van der Waals surface area contributed by atoms with Crippen LogP contribution in [0.2, 0.25) is 10.0 Å². The van der Waals surface area contributed by atoms with E-state index in [-0.39, 0.29) is 35.4 Å². The predicted octanol–water partition coefficient (Wildman–Crippen LogP) is 7.03. The number of hydrogen-bond acceptors (Lipinski definition) is 6. The largest absolute Gasteiger partial charge is 0.508 e. The minimum atomic E-state index is -1.57. The number of benzene rings is 4. The zero-order valence-electron chi connectivity index (χ0n) is 25.7. The number of nitrogens with zero attached hydrogens (tertiary/aromatic N) is 2. The van der Waals surface area contributed by atoms with E-state index in [2.05, 4.69) is 5.43 Å². The second-order valence-electron chi connectivity index (χ2n) is 12.9. The van der Waals surface area contributed by atoms with Gasteiger partial charge in [0.25, 0.3) is 11.8 Å². The number of phenolic OH excluding ortho intramolecular Hbond substituents is 1. The van der Waals surface area contributed by atoms with Gasteiger partial charge in [-0.05, 0) is 90.6 Å². The number of fused-ring (bicyclic) bond motifs is 4. The molecule has 0 spiro atoms. The lowest BCUT2D eigenvalue weighted by Crippen LogP contribution is -2.53. The number of hydrazine groups is 1. The Morgan fingerprint density at radius 1 is 0.816 bits per heavy atom. The summed E-state index contributed by atoms with van der Waals surface area (Å²) >= 11 is 13.2. The second-order valence-corrected chi connectivity index (χ2v) is 13.8. The van der Waals surface area contributed by atoms with Gasteiger partial charge in [-0.1, -0.05) is 71.2 Å². The van der Waals surface area contributed by atoms with Gasteiger partial charge in [0.2, 0.25) is 11.8 Å². The minimum Gasteiger partial charge on any atom is -0.508 e. The molecule has 0 aromatic heterocycles. The quantitative estimate of drug-likeness (QED) is 0.172. The number of carbonyl (C=O) groups is 4. The molecule has 8 nitrogen and oxygen atoms in total. The molecular weight excluding hydrogens is 668 g/mol. The van der Waals surface area contributed by atoms with E-state index in [4.69, 9.17) is 23.2 Å². The lowest BCUT2D eigenvalue weighted by Gasteiger charge is -2.50. The van der Waals surface area contributed by atoms with Crippen molar-refractivity contribution in [3.63, 3.8) is 0 Å². The van der Waals surface area contributed by atoms with Gasteiger partial charge in [0.15, 0.2) is 0 Å². The van der Waals surface area contributed by atoms with Crippen molar-refractivity contribution in [3.8, 4) is 5.75 Å². The number of para-hydroxylation sites is 1. The van der Waals surface area contributed by atoms with E-state index in [1.54, 1.807) is 60.7 Å². The first-order chi connectivity index (χ1) is 23.6. The smallest absolute Gasteiger partial charge is 0.260 e. The highest BCUT2D eigenvalue weighted by molar-refractivity contribution is 6.32. The van der Waals surface area contributed by atoms with E-state index in [9.17, 15) is 23.9 Å². The van der Waals surface area contributed by atoms with Crippen molar-refractivity contribution in [1.82, 2.24) is 5.01 Å². The lowest BCUT2D eigenvalue weighted by atomic mass is 9.49. The van der Waals surface area contributed by atoms with Crippen LogP contribution in [0.3, 0.4) is 0 Å². The molecule has 4 aliphatic rings. The zero-order chi connectivity index (χ0) is 34.2. The molecule has 8 rings (SSSR count). The average Bonchev–Trinajstić information content (AvgIpc) is 3.47. The number of anilines is 2. The van der Waals surface area contributed by atoms with Gasteiger partial charge in [-0.15, -0.1) is 0 Å². The van der Waals surface area contributed by atoms with Crippen molar-refractivity contribution in [2.75, 3.05) is 10.3 Å². The van der Waals surface area contributed by atoms with Crippen molar-refractivity contribution >= 4 is 58.2 Å². The summed E-state index contributed by atoms with van der Waals surface area (Å²) in [5.41, 5.74) is 3.85. The van der Waals surface area contributed by atoms with Crippen LogP contribution in [0.4, 0.5) is 15.8 Å². The van der Waals surface area contributed by atoms with Gasteiger partial charge in [0, 0.05) is 16.0 Å². The number of imide groups is 2. The van der Waals surface area contributed by atoms with Gasteiger partial charge in [0.1, 0.15) is 11.6 Å². The van der Waals surface area contributed by atoms with E-state index in [0.29, 0.717) is 27.5 Å². The van der Waals surface area contributed by atoms with Gasteiger partial charge in [-0.25, -0.2) is 4.39 Å². The number of halogens is 3. The van der Waals surface area contributed by atoms with Crippen molar-refractivity contribution in [2.24, 2.45) is 23.7 Å². The van der Waals surface area contributed by atoms with Crippen LogP contribution < -0.4 is 10.3 Å². The summed E-state index contributed by atoms with van der Waals surface area (Å²) in [6.07, 6.45) is 2.27. The standard InChI is InChI=1S/C38H28Cl2FN3O5/c39-21-8-6-20(7-9-21)38-30(35(47)44(37(38)49)42-23-12-10-22(41)11-13-23)19-29-26(33(38)27-15-14-25(45)18-31(27)40)16-17-28-32(29)36(48)43(34(28)46)24-4-2-1-3-5-24/h1-16,18,28-30,32-33,42,45H,17,19H2. The maximum atomic E-state index is 15.1. The molecule has 4 aromatic rings. The highest BCUT2D eigenvalue weighted by atomic mass is 35.5. The molecule has 11 heteroatoms. The summed E-state index contributed by atoms with van der Waals surface area (Å²) in [4.78, 5) is 59.2. The fourth-order valence-electron chi connectivity index (χ4n) is 8.58. The number of carbonyl (C=O) groups excluding carboxylic acids is 4. The van der Waals surface area contributed by atoms with Crippen molar-refractivity contribution in [2.45, 2.75) is 24.2 Å². The number of phenols is 1. The van der Waals surface area contributed by atoms with Crippen LogP contribution in [0.5, 0.6) is 5.75 Å². The Morgan fingerprint density at radius 2 is 1.53 bits per heavy atom. The first-order valence-corrected chi connectivity index (χ1v) is 16.6. The van der Waals surface area contributed by atoms with Crippen LogP contribution in [-0.4, -0.2) is 33.7 Å². The number of nitrogens with one attached hydrogen (secondary N) is 1. The average molecular weight is 697 g/mol. The molecule has 2 N–H and O–H groups in total. The third kappa shape index (κ3) is 4.63. The molecule has 2 aliphatic carbocycles. The molecule has 49 heavy (non-hydrogen) atoms. The normalized spacial score (nSPS) is 27.5. The van der Waals surface area contributed by atoms with E-state index >= 15 is 4.79 Å². The number of aromatic hydroxyl groups is 1. The SMILES string of the molecule is O=C1C2CC3C(=CCC4C(=O)N(c5ccccc5)C(=O)C43)C(c3ccc(O)cc3Cl)C2(c2ccc(Cl)cc2)C(=O)N1Nc1ccc(F)cc1. The van der Waals surface area contributed by atoms with Crippen LogP contribution in [0.25, 0.3) is 0 Å². The third-order valence-electron chi connectivity index (χ3n) is 10.6. The minimum absolute atomic E-state index is 0.0839. The fourth-order valence-corrected chi connectivity index (χ4v) is 8.99. The van der Waals surface area contributed by atoms with Crippen LogP contribution in [-0.2, 0) is 24.6 Å². The molecular formula is C38H28Cl2FN3O5. The van der Waals surface area contributed by atoms with E-state index in [1.807, 2.05) is 6.08 Å². The van der Waals surface area contributed by atoms with Crippen LogP contribution in [0.1, 0.15) is 29.9 Å². The molecule has 246 valence electrons. The zero-order valence-corrected chi connectivity index (χ0v) is 27.2. The summed E-state index contributed by atoms with van der Waals surface area (Å²) in [6, 6.07) is 25.3. The lowest BCUT2D eigenvalue weighted by molar-refractivity contribution is -0.138. The molecule has 6 unspecified atom stereocenters. The number of allylic oxidation sites excluding steroid dienone is 2. The maximum Gasteiger partial charge on any atom is 0.260 e. The first-order valence-electron chi connectivity index (χ1n) is 15.9. The van der Waals surface area contributed by atoms with Crippen LogP contribution >= 0.6 is 23.2 Å². The Kier molecular flexibility index (Phi) is 7.39. The van der Waals surface area contributed by atoms with Gasteiger partial charge >= 0.3 is 0 Å². The summed E-state index contributed by atoms with van der Waals surface area (Å²) in [5.74, 6) is -6.25. The predicted molar refractivity (Wildman–Crippen MR) is 181 cm³/mol. The highest BCUT2D eigenvalue weighted by Crippen LogP contribution is 2.65. The second kappa shape index (κ2) is 11.6. The first kappa shape index (κ1) is 31.3. The summed E-state index contributed by atoms with van der Waals surface area (Å²) in [6.45, 7) is 0. The maximum absolute atomic E-state index is 15.1. The fraction of sp³-hybridized carbons (Fsp3) is 0.211. The molecule has 4 aromatic carbocycles. The van der Waals surface area contributed by atoms with Gasteiger partial charge in [-0.3, -0.25) is 29.5 Å². The summed E-state index contributed by atoms with van der Waals surface area (Å²) in [7, 11) is 0. The molecule has 4 amide bonds. The van der Waals surface area contributed by atoms with Gasteiger partial charge < -0.3 is 5.11 Å². The number of amides is 4. The molecule has 6 atom stereocenters. The van der Waals surface area contributed by atoms with Gasteiger partial charge in [-0.2, -0.15) is 5.01 Å². The van der Waals surface area contributed by atoms with E-state index in [1.165, 1.54) is 41.3 Å². The van der Waals surface area contributed by atoms with E-state index < -0.39 is 52.6 Å². The van der Waals surface area contributed by atoms with Crippen LogP contribution in [0.15, 0.2) is 109 Å². The Hall–Kier alpha value is -4.99. The Labute approximate surface area is 290 Å². The topological polar surface area (TPSA) is 107 Å². The van der Waals surface area contributed by atoms with Crippen molar-refractivity contribution in [3.05, 3.63) is 136 Å². The summed E-state index contributed by atoms with van der Waals surface area (Å²) in [5, 5.41) is 11.9. The molecule has 3 fully saturated rings. The van der Waals surface area contributed by atoms with Crippen LogP contribution in [0, 0.1) is 29.5 Å². The Morgan fingerprint density at radius 3 is 2.22 bits per heavy atom. The molecule has 1 saturated carbocycles. The molecule has 0 radical (unpaired) electrons.